The van der Waals surface area contributed by atoms with Gasteiger partial charge in [0, 0.05) is 12.6 Å². The molecule has 0 aliphatic rings. The van der Waals surface area contributed by atoms with Crippen LogP contribution in [0.5, 0.6) is 0 Å². The number of carbonyl (C=O) groups excluding carboxylic acids is 1. The highest BCUT2D eigenvalue weighted by Gasteiger charge is 2.08. The van der Waals surface area contributed by atoms with Gasteiger partial charge in [-0.15, -0.1) is 0 Å². The van der Waals surface area contributed by atoms with Crippen LogP contribution < -0.4 is 10.7 Å². The summed E-state index contributed by atoms with van der Waals surface area (Å²) in [6, 6.07) is 2.59. The van der Waals surface area contributed by atoms with Gasteiger partial charge < -0.3 is 10.2 Å². The predicted molar refractivity (Wildman–Crippen MR) is 87.5 cm³/mol. The van der Waals surface area contributed by atoms with Crippen molar-refractivity contribution in [2.24, 2.45) is 5.10 Å². The van der Waals surface area contributed by atoms with Crippen LogP contribution in [-0.4, -0.2) is 48.2 Å². The highest BCUT2D eigenvalue weighted by molar-refractivity contribution is 7.16. The minimum atomic E-state index is -0.460. The minimum Gasteiger partial charge on any atom is -0.337 e. The van der Waals surface area contributed by atoms with E-state index in [2.05, 4.69) is 34.6 Å². The van der Waals surface area contributed by atoms with Gasteiger partial charge in [0.05, 0.1) is 16.0 Å². The molecule has 0 unspecified atom stereocenters. The number of amides is 2. The number of urea groups is 1. The highest BCUT2D eigenvalue weighted by Crippen LogP contribution is 2.22. The van der Waals surface area contributed by atoms with E-state index in [1.165, 1.54) is 12.3 Å². The molecule has 0 radical (unpaired) electrons. The number of nitrogens with one attached hydrogen (secondary N) is 2. The lowest BCUT2D eigenvalue weighted by Crippen LogP contribution is -2.34. The van der Waals surface area contributed by atoms with E-state index in [4.69, 9.17) is 0 Å². The SMILES string of the molecule is CCN(CC)CCCNC(=O)N/N=C/c1ccc([N+](=O)[O-])s1. The Balaban J connectivity index is 2.22. The molecule has 1 rings (SSSR count). The van der Waals surface area contributed by atoms with Crippen LogP contribution in [-0.2, 0) is 0 Å². The number of thiophene rings is 1. The van der Waals surface area contributed by atoms with Gasteiger partial charge in [0.25, 0.3) is 0 Å². The summed E-state index contributed by atoms with van der Waals surface area (Å²) in [5, 5.41) is 17.0. The molecule has 9 heteroatoms. The van der Waals surface area contributed by atoms with Crippen LogP contribution in [0, 0.1) is 10.1 Å². The zero-order valence-corrected chi connectivity index (χ0v) is 13.6. The summed E-state index contributed by atoms with van der Waals surface area (Å²) in [6.07, 6.45) is 2.25. The van der Waals surface area contributed by atoms with Crippen LogP contribution >= 0.6 is 11.3 Å². The highest BCUT2D eigenvalue weighted by atomic mass is 32.1. The van der Waals surface area contributed by atoms with E-state index in [9.17, 15) is 14.9 Å². The van der Waals surface area contributed by atoms with Gasteiger partial charge in [0.2, 0.25) is 0 Å². The Hall–Kier alpha value is -2.00. The third-order valence-corrected chi connectivity index (χ3v) is 3.95. The van der Waals surface area contributed by atoms with Gasteiger partial charge in [-0.25, -0.2) is 10.2 Å². The molecule has 0 fully saturated rings. The molecule has 22 heavy (non-hydrogen) atoms. The van der Waals surface area contributed by atoms with E-state index in [0.717, 1.165) is 37.4 Å². The Morgan fingerprint density at radius 1 is 1.45 bits per heavy atom. The van der Waals surface area contributed by atoms with Crippen molar-refractivity contribution in [2.75, 3.05) is 26.2 Å². The first kappa shape index (κ1) is 18.1. The summed E-state index contributed by atoms with van der Waals surface area (Å²) in [4.78, 5) is 24.4. The average molecular weight is 327 g/mol. The quantitative estimate of drug-likeness (QED) is 0.314. The standard InChI is InChI=1S/C13H21N5O3S/c1-3-17(4-2)9-5-8-14-13(19)16-15-10-11-6-7-12(22-11)18(20)21/h6-7,10H,3-5,8-9H2,1-2H3,(H2,14,16,19)/b15-10+. The van der Waals surface area contributed by atoms with Crippen molar-refractivity contribution in [1.82, 2.24) is 15.6 Å². The fraction of sp³-hybridized carbons (Fsp3) is 0.538. The van der Waals surface area contributed by atoms with Gasteiger partial charge in [0.1, 0.15) is 0 Å². The van der Waals surface area contributed by atoms with E-state index in [0.29, 0.717) is 11.4 Å². The second kappa shape index (κ2) is 9.85. The van der Waals surface area contributed by atoms with Crippen LogP contribution in [0.2, 0.25) is 0 Å². The van der Waals surface area contributed by atoms with E-state index in [1.54, 1.807) is 6.07 Å². The average Bonchev–Trinajstić information content (AvgIpc) is 2.96. The van der Waals surface area contributed by atoms with Gasteiger partial charge >= 0.3 is 11.0 Å². The molecule has 0 bridgehead atoms. The fourth-order valence-corrected chi connectivity index (χ4v) is 2.44. The van der Waals surface area contributed by atoms with Gasteiger partial charge in [0.15, 0.2) is 0 Å². The van der Waals surface area contributed by atoms with Crippen molar-refractivity contribution in [3.05, 3.63) is 27.1 Å². The number of hydrogen-bond acceptors (Lipinski definition) is 6. The van der Waals surface area contributed by atoms with E-state index in [-0.39, 0.29) is 11.0 Å². The van der Waals surface area contributed by atoms with Crippen molar-refractivity contribution in [2.45, 2.75) is 20.3 Å². The molecule has 0 spiro atoms. The molecule has 0 aliphatic carbocycles. The summed E-state index contributed by atoms with van der Waals surface area (Å²) in [5.74, 6) is 0. The maximum atomic E-state index is 11.5. The van der Waals surface area contributed by atoms with E-state index < -0.39 is 4.92 Å². The first-order valence-electron chi connectivity index (χ1n) is 7.10. The lowest BCUT2D eigenvalue weighted by Gasteiger charge is -2.17. The molecule has 0 aliphatic heterocycles. The third kappa shape index (κ3) is 6.64. The zero-order valence-electron chi connectivity index (χ0n) is 12.7. The number of carbonyl (C=O) groups is 1. The number of nitro groups is 1. The van der Waals surface area contributed by atoms with Gasteiger partial charge in [-0.1, -0.05) is 25.2 Å². The van der Waals surface area contributed by atoms with Crippen LogP contribution in [0.25, 0.3) is 0 Å². The normalized spacial score (nSPS) is 11.0. The molecular weight excluding hydrogens is 306 g/mol. The lowest BCUT2D eigenvalue weighted by atomic mass is 10.3. The summed E-state index contributed by atoms with van der Waals surface area (Å²) in [5.41, 5.74) is 2.33. The Bertz CT molecular complexity index is 514. The van der Waals surface area contributed by atoms with Crippen LogP contribution in [0.4, 0.5) is 9.80 Å². The topological polar surface area (TPSA) is 99.9 Å². The van der Waals surface area contributed by atoms with Gasteiger partial charge in [-0.05, 0) is 32.1 Å². The van der Waals surface area contributed by atoms with E-state index in [1.807, 2.05) is 0 Å². The zero-order chi connectivity index (χ0) is 16.4. The molecule has 0 saturated carbocycles. The summed E-state index contributed by atoms with van der Waals surface area (Å²) < 4.78 is 0. The Morgan fingerprint density at radius 3 is 2.77 bits per heavy atom. The van der Waals surface area contributed by atoms with Gasteiger partial charge in [-0.3, -0.25) is 10.1 Å². The Morgan fingerprint density at radius 2 is 2.18 bits per heavy atom. The van der Waals surface area contributed by atoms with Crippen LogP contribution in [0.15, 0.2) is 17.2 Å². The molecular formula is C13H21N5O3S. The molecule has 1 aromatic rings. The molecule has 0 atom stereocenters. The van der Waals surface area contributed by atoms with Crippen molar-refractivity contribution in [1.29, 1.82) is 0 Å². The molecule has 2 amide bonds. The number of hydrogen-bond donors (Lipinski definition) is 2. The Kier molecular flexibility index (Phi) is 8.08. The Labute approximate surface area is 133 Å². The molecule has 122 valence electrons. The van der Waals surface area contributed by atoms with Crippen molar-refractivity contribution >= 4 is 28.6 Å². The van der Waals surface area contributed by atoms with Crippen molar-refractivity contribution in [3.63, 3.8) is 0 Å². The maximum absolute atomic E-state index is 11.5. The second-order valence-corrected chi connectivity index (χ2v) is 5.53. The summed E-state index contributed by atoms with van der Waals surface area (Å²) in [6.45, 7) is 7.72. The monoisotopic (exact) mass is 327 g/mol. The predicted octanol–water partition coefficient (Wildman–Crippen LogP) is 2.02. The number of hydrazone groups is 1. The summed E-state index contributed by atoms with van der Waals surface area (Å²) >= 11 is 0.997. The molecule has 1 aromatic heterocycles. The third-order valence-electron chi connectivity index (χ3n) is 2.98. The molecule has 0 saturated heterocycles. The van der Waals surface area contributed by atoms with Crippen molar-refractivity contribution < 1.29 is 9.72 Å². The number of nitrogens with zero attached hydrogens (tertiary/aromatic N) is 3. The van der Waals surface area contributed by atoms with Gasteiger partial charge in [-0.2, -0.15) is 5.10 Å². The maximum Gasteiger partial charge on any atom is 0.335 e. The largest absolute Gasteiger partial charge is 0.337 e. The first-order chi connectivity index (χ1) is 10.6. The fourth-order valence-electron chi connectivity index (χ4n) is 1.75. The van der Waals surface area contributed by atoms with E-state index >= 15 is 0 Å². The summed E-state index contributed by atoms with van der Waals surface area (Å²) in [7, 11) is 0. The first-order valence-corrected chi connectivity index (χ1v) is 7.92. The van der Waals surface area contributed by atoms with Crippen LogP contribution in [0.3, 0.4) is 0 Å². The molecule has 1 heterocycles. The van der Waals surface area contributed by atoms with Crippen molar-refractivity contribution in [3.8, 4) is 0 Å². The molecule has 2 N–H and O–H groups in total. The molecule has 0 aromatic carbocycles. The number of rotatable bonds is 9. The minimum absolute atomic E-state index is 0.0438. The van der Waals surface area contributed by atoms with Crippen LogP contribution in [0.1, 0.15) is 25.1 Å². The smallest absolute Gasteiger partial charge is 0.335 e. The second-order valence-electron chi connectivity index (χ2n) is 4.44. The molecule has 8 nitrogen and oxygen atoms in total. The lowest BCUT2D eigenvalue weighted by molar-refractivity contribution is -0.380.